The van der Waals surface area contributed by atoms with Gasteiger partial charge in [-0.25, -0.2) is 9.37 Å². The van der Waals surface area contributed by atoms with E-state index >= 15 is 4.39 Å². The summed E-state index contributed by atoms with van der Waals surface area (Å²) in [5.74, 6) is 0.129. The molecule has 3 aromatic carbocycles. The molecule has 0 aliphatic rings. The molecule has 0 atom stereocenters. The largest absolute Gasteiger partial charge is 0.369 e. The van der Waals surface area contributed by atoms with Crippen LogP contribution in [0.3, 0.4) is 0 Å². The van der Waals surface area contributed by atoms with Crippen LogP contribution in [-0.2, 0) is 15.0 Å². The summed E-state index contributed by atoms with van der Waals surface area (Å²) >= 11 is 5.99. The van der Waals surface area contributed by atoms with Crippen molar-refractivity contribution in [3.8, 4) is 11.1 Å². The number of anilines is 4. The summed E-state index contributed by atoms with van der Waals surface area (Å²) in [7, 11) is 1.90. The number of benzene rings is 3. The number of nitrogens with one attached hydrogen (secondary N) is 4. The molecule has 0 saturated heterocycles. The highest BCUT2D eigenvalue weighted by Gasteiger charge is 2.30. The summed E-state index contributed by atoms with van der Waals surface area (Å²) in [6.07, 6.45) is 2.55. The normalized spacial score (nSPS) is 10.8. The molecule has 4 N–H and O–H groups in total. The molecule has 0 unspecified atom stereocenters. The standard InChI is InChI=1S/C31H34ClFN6O.CH2O/c1-20-7-5-8-24(17-20)37-30-36-19-25(28(39-30)35-16-6-15-34-4)21-9-14-27(26(33)18-21)38-29(40)31(2,3)22-10-12-23(32)13-11-22;1-2/h5,7-14,17-19,34H,6,15-16H2,1-4H3,(H,38,40)(H2,35,36,37,39);1H2. The van der Waals surface area contributed by atoms with Crippen LogP contribution in [0, 0.1) is 12.7 Å². The number of aryl methyl sites for hydroxylation is 1. The molecule has 1 amide bonds. The van der Waals surface area contributed by atoms with E-state index in [2.05, 4.69) is 31.2 Å². The van der Waals surface area contributed by atoms with E-state index in [9.17, 15) is 4.79 Å². The molecule has 0 saturated carbocycles. The smallest absolute Gasteiger partial charge is 0.234 e. The van der Waals surface area contributed by atoms with Crippen molar-refractivity contribution in [1.82, 2.24) is 15.3 Å². The van der Waals surface area contributed by atoms with Crippen molar-refractivity contribution in [2.45, 2.75) is 32.6 Å². The summed E-state index contributed by atoms with van der Waals surface area (Å²) in [6, 6.07) is 19.7. The first-order valence-electron chi connectivity index (χ1n) is 13.4. The number of rotatable bonds is 11. The minimum atomic E-state index is -0.895. The highest BCUT2D eigenvalue weighted by molar-refractivity contribution is 6.30. The lowest BCUT2D eigenvalue weighted by Crippen LogP contribution is -2.35. The second-order valence-electron chi connectivity index (χ2n) is 10.1. The van der Waals surface area contributed by atoms with Gasteiger partial charge in [-0.15, -0.1) is 0 Å². The Kier molecular flexibility index (Phi) is 11.5. The van der Waals surface area contributed by atoms with Crippen molar-refractivity contribution in [3.63, 3.8) is 0 Å². The van der Waals surface area contributed by atoms with Gasteiger partial charge in [-0.1, -0.05) is 41.9 Å². The van der Waals surface area contributed by atoms with Crippen LogP contribution >= 0.6 is 11.6 Å². The molecule has 0 aliphatic carbocycles. The minimum Gasteiger partial charge on any atom is -0.369 e. The van der Waals surface area contributed by atoms with Crippen LogP contribution in [-0.4, -0.2) is 42.8 Å². The summed E-state index contributed by atoms with van der Waals surface area (Å²) in [4.78, 5) is 30.3. The monoisotopic (exact) mass is 590 g/mol. The third-order valence-electron chi connectivity index (χ3n) is 6.62. The van der Waals surface area contributed by atoms with Gasteiger partial charge in [0.1, 0.15) is 18.4 Å². The molecule has 0 fully saturated rings. The maximum Gasteiger partial charge on any atom is 0.234 e. The molecule has 0 spiro atoms. The number of halogens is 2. The van der Waals surface area contributed by atoms with Crippen LogP contribution < -0.4 is 21.3 Å². The second-order valence-corrected chi connectivity index (χ2v) is 10.6. The fourth-order valence-electron chi connectivity index (χ4n) is 4.17. The molecule has 42 heavy (non-hydrogen) atoms. The van der Waals surface area contributed by atoms with Gasteiger partial charge in [-0.3, -0.25) is 4.79 Å². The van der Waals surface area contributed by atoms with Crippen LogP contribution in [0.15, 0.2) is 72.9 Å². The van der Waals surface area contributed by atoms with Gasteiger partial charge in [0.15, 0.2) is 0 Å². The average molecular weight is 591 g/mol. The SMILES string of the molecule is C=O.CNCCCNc1nc(Nc2cccc(C)c2)ncc1-c1ccc(NC(=O)C(C)(C)c2ccc(Cl)cc2)c(F)c1. The Labute approximate surface area is 251 Å². The number of hydrogen-bond donors (Lipinski definition) is 4. The Bertz CT molecular complexity index is 1500. The molecule has 0 aliphatic heterocycles. The van der Waals surface area contributed by atoms with Gasteiger partial charge in [-0.05, 0) is 93.9 Å². The minimum absolute atomic E-state index is 0.0953. The number of carbonyl (C=O) groups excluding carboxylic acids is 2. The number of aromatic nitrogens is 2. The van der Waals surface area contributed by atoms with E-state index in [1.54, 1.807) is 56.4 Å². The predicted molar refractivity (Wildman–Crippen MR) is 169 cm³/mol. The Balaban J connectivity index is 0.00000237. The molecule has 8 nitrogen and oxygen atoms in total. The van der Waals surface area contributed by atoms with E-state index in [1.165, 1.54) is 6.07 Å². The highest BCUT2D eigenvalue weighted by Crippen LogP contribution is 2.32. The first-order valence-corrected chi connectivity index (χ1v) is 13.8. The second kappa shape index (κ2) is 15.0. The van der Waals surface area contributed by atoms with Gasteiger partial charge >= 0.3 is 0 Å². The summed E-state index contributed by atoms with van der Waals surface area (Å²) < 4.78 is 15.3. The lowest BCUT2D eigenvalue weighted by Gasteiger charge is -2.24. The van der Waals surface area contributed by atoms with E-state index in [4.69, 9.17) is 16.4 Å². The highest BCUT2D eigenvalue weighted by atomic mass is 35.5. The van der Waals surface area contributed by atoms with Crippen molar-refractivity contribution < 1.29 is 14.0 Å². The Hall–Kier alpha value is -4.34. The van der Waals surface area contributed by atoms with E-state index in [0.29, 0.717) is 34.5 Å². The van der Waals surface area contributed by atoms with Gasteiger partial charge in [-0.2, -0.15) is 4.98 Å². The van der Waals surface area contributed by atoms with Crippen molar-refractivity contribution in [2.24, 2.45) is 0 Å². The van der Waals surface area contributed by atoms with Gasteiger partial charge in [0.25, 0.3) is 0 Å². The van der Waals surface area contributed by atoms with E-state index in [0.717, 1.165) is 29.8 Å². The lowest BCUT2D eigenvalue weighted by molar-refractivity contribution is -0.120. The average Bonchev–Trinajstić information content (AvgIpc) is 2.98. The van der Waals surface area contributed by atoms with Gasteiger partial charge in [0.2, 0.25) is 11.9 Å². The number of amides is 1. The van der Waals surface area contributed by atoms with Crippen LogP contribution in [0.5, 0.6) is 0 Å². The maximum absolute atomic E-state index is 15.3. The number of hydrogen-bond acceptors (Lipinski definition) is 7. The Morgan fingerprint density at radius 3 is 2.43 bits per heavy atom. The van der Waals surface area contributed by atoms with E-state index in [-0.39, 0.29) is 11.6 Å². The predicted octanol–water partition coefficient (Wildman–Crippen LogP) is 6.74. The zero-order valence-electron chi connectivity index (χ0n) is 24.2. The molecule has 4 aromatic rings. The van der Waals surface area contributed by atoms with Gasteiger partial charge in [0.05, 0.1) is 11.1 Å². The molecule has 0 radical (unpaired) electrons. The molecular weight excluding hydrogens is 555 g/mol. The van der Waals surface area contributed by atoms with Crippen LogP contribution in [0.1, 0.15) is 31.4 Å². The van der Waals surface area contributed by atoms with Crippen molar-refractivity contribution in [3.05, 3.63) is 94.9 Å². The fraction of sp³-hybridized carbons (Fsp3) is 0.250. The molecule has 1 aromatic heterocycles. The van der Waals surface area contributed by atoms with Gasteiger partial charge < -0.3 is 26.1 Å². The zero-order chi connectivity index (χ0) is 30.7. The number of nitrogens with zero attached hydrogens (tertiary/aromatic N) is 2. The topological polar surface area (TPSA) is 108 Å². The summed E-state index contributed by atoms with van der Waals surface area (Å²) in [5, 5.41) is 13.0. The van der Waals surface area contributed by atoms with Crippen molar-refractivity contribution in [2.75, 3.05) is 36.1 Å². The summed E-state index contributed by atoms with van der Waals surface area (Å²) in [6.45, 7) is 9.10. The maximum atomic E-state index is 15.3. The van der Waals surface area contributed by atoms with Crippen LogP contribution in [0.2, 0.25) is 5.02 Å². The van der Waals surface area contributed by atoms with Crippen molar-refractivity contribution >= 4 is 47.4 Å². The first-order chi connectivity index (χ1) is 20.2. The lowest BCUT2D eigenvalue weighted by atomic mass is 9.83. The molecule has 1 heterocycles. The third-order valence-corrected chi connectivity index (χ3v) is 6.87. The fourth-order valence-corrected chi connectivity index (χ4v) is 4.30. The Morgan fingerprint density at radius 2 is 1.76 bits per heavy atom. The quantitative estimate of drug-likeness (QED) is 0.143. The molecule has 10 heteroatoms. The summed E-state index contributed by atoms with van der Waals surface area (Å²) in [5.41, 5.74) is 3.21. The van der Waals surface area contributed by atoms with Crippen molar-refractivity contribution in [1.29, 1.82) is 0 Å². The van der Waals surface area contributed by atoms with Gasteiger partial charge in [0, 0.05) is 29.0 Å². The van der Waals surface area contributed by atoms with Crippen LogP contribution in [0.4, 0.5) is 27.5 Å². The van der Waals surface area contributed by atoms with E-state index < -0.39 is 11.2 Å². The number of carbonyl (C=O) groups is 2. The Morgan fingerprint density at radius 1 is 1.02 bits per heavy atom. The molecule has 4 rings (SSSR count). The first kappa shape index (κ1) is 32.2. The van der Waals surface area contributed by atoms with Crippen LogP contribution in [0.25, 0.3) is 11.1 Å². The third kappa shape index (κ3) is 8.34. The zero-order valence-corrected chi connectivity index (χ0v) is 25.0. The molecule has 220 valence electrons. The molecule has 0 bridgehead atoms. The van der Waals surface area contributed by atoms with E-state index in [1.807, 2.05) is 45.0 Å². The molecular formula is C32H36ClFN6O2.